The van der Waals surface area contributed by atoms with Crippen LogP contribution in [0.25, 0.3) is 0 Å². The average molecular weight is 502 g/mol. The van der Waals surface area contributed by atoms with E-state index in [2.05, 4.69) is 19.2 Å². The molecule has 0 atom stereocenters. The fourth-order valence-corrected chi connectivity index (χ4v) is 4.02. The number of allylic oxidation sites excluding steroid dienone is 3. The van der Waals surface area contributed by atoms with Gasteiger partial charge in [0.2, 0.25) is 0 Å². The number of fused-ring (bicyclic) bond motifs is 1. The molecule has 36 heavy (non-hydrogen) atoms. The highest BCUT2D eigenvalue weighted by Gasteiger charge is 2.39. The highest BCUT2D eigenvalue weighted by Crippen LogP contribution is 2.40. The lowest BCUT2D eigenvalue weighted by Gasteiger charge is -2.33. The Hall–Kier alpha value is -3.09. The third-order valence-electron chi connectivity index (χ3n) is 5.80. The molecule has 2 heterocycles. The number of halogens is 1. The van der Waals surface area contributed by atoms with Gasteiger partial charge in [-0.3, -0.25) is 9.59 Å². The topological polar surface area (TPSA) is 72.9 Å². The van der Waals surface area contributed by atoms with E-state index in [1.165, 1.54) is 11.3 Å². The highest BCUT2D eigenvalue weighted by molar-refractivity contribution is 6.03. The van der Waals surface area contributed by atoms with E-state index in [9.17, 15) is 19.1 Å². The molecule has 2 amide bonds. The van der Waals surface area contributed by atoms with Crippen LogP contribution in [0.1, 0.15) is 78.4 Å². The van der Waals surface area contributed by atoms with Crippen LogP contribution in [0.5, 0.6) is 0 Å². The Bertz CT molecular complexity index is 1010. The Morgan fingerprint density at radius 2 is 1.83 bits per heavy atom. The number of aryl methyl sites for hydroxylation is 1. The lowest BCUT2D eigenvalue weighted by molar-refractivity contribution is -0.127. The lowest BCUT2D eigenvalue weighted by atomic mass is 9.93. The number of nitrogens with one attached hydrogen (secondary N) is 1. The van der Waals surface area contributed by atoms with Gasteiger partial charge in [-0.1, -0.05) is 65.3 Å². The van der Waals surface area contributed by atoms with Gasteiger partial charge in [0.15, 0.2) is 5.76 Å². The molecule has 0 aliphatic carbocycles. The minimum atomic E-state index is -0.385. The normalized spacial score (nSPS) is 15.6. The van der Waals surface area contributed by atoms with E-state index in [0.29, 0.717) is 48.2 Å². The number of carbonyl (C=O) groups excluding carboxylic acids is 2. The standard InChI is InChI=1S/C24H30FN3O3.C3H8.C2H6/c1-5-9-17-19(23(30)26-14-16-11-7-10-15(3)20(16)25)18-12-8-13-28(18)21(22(17)29)24(31)27(4)6-2;1-3-2;1-2/h7,9-11,29H,5-6,8,12-14H2,1-4H3,(H,26,30);3H2,1-2H3;1-2H3/b17-9+;;. The maximum Gasteiger partial charge on any atom is 0.274 e. The van der Waals surface area contributed by atoms with Gasteiger partial charge in [0.05, 0.1) is 5.57 Å². The van der Waals surface area contributed by atoms with Gasteiger partial charge in [-0.2, -0.15) is 0 Å². The summed E-state index contributed by atoms with van der Waals surface area (Å²) in [5.41, 5.74) is 2.60. The molecule has 3 rings (SSSR count). The van der Waals surface area contributed by atoms with Crippen LogP contribution in [0.3, 0.4) is 0 Å². The number of amides is 2. The van der Waals surface area contributed by atoms with Gasteiger partial charge in [-0.15, -0.1) is 0 Å². The van der Waals surface area contributed by atoms with Crippen LogP contribution in [-0.2, 0) is 16.1 Å². The number of aliphatic hydroxyl groups excluding tert-OH is 1. The van der Waals surface area contributed by atoms with E-state index in [0.717, 1.165) is 12.1 Å². The Morgan fingerprint density at radius 1 is 1.19 bits per heavy atom. The lowest BCUT2D eigenvalue weighted by Crippen LogP contribution is -2.40. The Morgan fingerprint density at radius 3 is 2.42 bits per heavy atom. The van der Waals surface area contributed by atoms with Gasteiger partial charge in [0.25, 0.3) is 11.8 Å². The van der Waals surface area contributed by atoms with Crippen LogP contribution in [0, 0.1) is 12.7 Å². The summed E-state index contributed by atoms with van der Waals surface area (Å²) in [5, 5.41) is 13.9. The molecule has 1 aromatic rings. The quantitative estimate of drug-likeness (QED) is 0.491. The molecule has 7 heteroatoms. The summed E-state index contributed by atoms with van der Waals surface area (Å²) in [4.78, 5) is 29.5. The fourth-order valence-electron chi connectivity index (χ4n) is 4.02. The minimum Gasteiger partial charge on any atom is -0.505 e. The van der Waals surface area contributed by atoms with E-state index < -0.39 is 0 Å². The number of likely N-dealkylation sites (N-methyl/N-ethyl adjacent to an activating group) is 1. The van der Waals surface area contributed by atoms with E-state index in [4.69, 9.17) is 0 Å². The summed E-state index contributed by atoms with van der Waals surface area (Å²) in [5.74, 6) is -1.18. The predicted octanol–water partition coefficient (Wildman–Crippen LogP) is 6.14. The summed E-state index contributed by atoms with van der Waals surface area (Å²) in [6.45, 7) is 14.8. The van der Waals surface area contributed by atoms with E-state index in [1.807, 2.05) is 27.7 Å². The van der Waals surface area contributed by atoms with Crippen molar-refractivity contribution in [3.05, 3.63) is 69.5 Å². The van der Waals surface area contributed by atoms with Crippen molar-refractivity contribution in [2.24, 2.45) is 0 Å². The van der Waals surface area contributed by atoms with Gasteiger partial charge in [0, 0.05) is 43.5 Å². The minimum absolute atomic E-state index is 0.0391. The van der Waals surface area contributed by atoms with Crippen molar-refractivity contribution in [3.8, 4) is 0 Å². The molecule has 1 aromatic carbocycles. The number of nitrogens with zero attached hydrogens (tertiary/aromatic N) is 2. The molecule has 1 saturated heterocycles. The van der Waals surface area contributed by atoms with Crippen LogP contribution in [-0.4, -0.2) is 46.9 Å². The second kappa shape index (κ2) is 15.1. The van der Waals surface area contributed by atoms with E-state index in [-0.39, 0.29) is 35.6 Å². The molecule has 0 spiro atoms. The maximum absolute atomic E-state index is 14.3. The Labute approximate surface area is 216 Å². The molecule has 0 aromatic heterocycles. The van der Waals surface area contributed by atoms with Gasteiger partial charge in [0.1, 0.15) is 11.5 Å². The van der Waals surface area contributed by atoms with Crippen LogP contribution in [0.15, 0.2) is 52.6 Å². The van der Waals surface area contributed by atoms with E-state index >= 15 is 0 Å². The summed E-state index contributed by atoms with van der Waals surface area (Å²) in [6, 6.07) is 5.07. The average Bonchev–Trinajstić information content (AvgIpc) is 3.35. The molecule has 2 aliphatic heterocycles. The number of carbonyl (C=O) groups is 2. The Kier molecular flexibility index (Phi) is 13.0. The largest absolute Gasteiger partial charge is 0.505 e. The molecule has 2 aliphatic rings. The zero-order valence-corrected chi connectivity index (χ0v) is 23.3. The van der Waals surface area contributed by atoms with Crippen molar-refractivity contribution < 1.29 is 19.1 Å². The van der Waals surface area contributed by atoms with Crippen molar-refractivity contribution in [1.29, 1.82) is 0 Å². The second-order valence-corrected chi connectivity index (χ2v) is 8.56. The highest BCUT2D eigenvalue weighted by atomic mass is 19.1. The first-order valence-corrected chi connectivity index (χ1v) is 13.2. The van der Waals surface area contributed by atoms with Gasteiger partial charge in [-0.05, 0) is 38.7 Å². The predicted molar refractivity (Wildman–Crippen MR) is 145 cm³/mol. The Balaban J connectivity index is 0.00000120. The number of hydrogen-bond donors (Lipinski definition) is 2. The molecular weight excluding hydrogens is 457 g/mol. The molecular formula is C29H44FN3O3. The van der Waals surface area contributed by atoms with Crippen molar-refractivity contribution in [1.82, 2.24) is 15.1 Å². The third-order valence-corrected chi connectivity index (χ3v) is 5.80. The summed E-state index contributed by atoms with van der Waals surface area (Å²) < 4.78 is 14.3. The summed E-state index contributed by atoms with van der Waals surface area (Å²) >= 11 is 0. The zero-order valence-electron chi connectivity index (χ0n) is 23.3. The number of rotatable bonds is 6. The molecule has 0 unspecified atom stereocenters. The smallest absolute Gasteiger partial charge is 0.274 e. The molecule has 6 nitrogen and oxygen atoms in total. The van der Waals surface area contributed by atoms with Crippen molar-refractivity contribution in [2.75, 3.05) is 20.1 Å². The second-order valence-electron chi connectivity index (χ2n) is 8.56. The van der Waals surface area contributed by atoms with Crippen molar-refractivity contribution in [3.63, 3.8) is 0 Å². The van der Waals surface area contributed by atoms with Gasteiger partial charge in [-0.25, -0.2) is 4.39 Å². The monoisotopic (exact) mass is 501 g/mol. The van der Waals surface area contributed by atoms with Crippen molar-refractivity contribution in [2.45, 2.75) is 80.7 Å². The molecule has 200 valence electrons. The first-order chi connectivity index (χ1) is 17.2. The van der Waals surface area contributed by atoms with Crippen LogP contribution < -0.4 is 5.32 Å². The molecule has 0 saturated carbocycles. The van der Waals surface area contributed by atoms with Crippen LogP contribution in [0.4, 0.5) is 4.39 Å². The number of aliphatic hydroxyl groups is 1. The first kappa shape index (κ1) is 30.9. The van der Waals surface area contributed by atoms with Crippen LogP contribution in [0.2, 0.25) is 0 Å². The molecule has 2 N–H and O–H groups in total. The SMILES string of the molecule is CC.CC/C=C1/C(O)=C(C(=O)N(C)CC)N2CCCC2=C1C(=O)NCc1cccc(C)c1F.CCC. The maximum atomic E-state index is 14.3. The van der Waals surface area contributed by atoms with Gasteiger partial charge < -0.3 is 20.2 Å². The van der Waals surface area contributed by atoms with Crippen molar-refractivity contribution >= 4 is 11.8 Å². The van der Waals surface area contributed by atoms with E-state index in [1.54, 1.807) is 43.1 Å². The summed E-state index contributed by atoms with van der Waals surface area (Å²) in [6.07, 6.45) is 5.00. The molecule has 0 bridgehead atoms. The fraction of sp³-hybridized carbons (Fsp3) is 0.517. The molecule has 1 fully saturated rings. The zero-order chi connectivity index (χ0) is 27.4. The van der Waals surface area contributed by atoms with Crippen LogP contribution >= 0.6 is 0 Å². The third kappa shape index (κ3) is 6.99. The number of hydrogen-bond acceptors (Lipinski definition) is 4. The first-order valence-electron chi connectivity index (χ1n) is 13.2. The van der Waals surface area contributed by atoms with Gasteiger partial charge >= 0.3 is 0 Å². The molecule has 0 radical (unpaired) electrons. The number of benzene rings is 1. The summed E-state index contributed by atoms with van der Waals surface area (Å²) in [7, 11) is 1.68.